The molecule has 1 heterocycles. The zero-order chi connectivity index (χ0) is 13.8. The number of nitrogens with one attached hydrogen (secondary N) is 1. The molecule has 0 saturated heterocycles. The monoisotopic (exact) mass is 283 g/mol. The van der Waals surface area contributed by atoms with Crippen LogP contribution in [0.5, 0.6) is 0 Å². The molecule has 1 atom stereocenters. The van der Waals surface area contributed by atoms with Gasteiger partial charge in [-0.1, -0.05) is 0 Å². The van der Waals surface area contributed by atoms with Crippen molar-refractivity contribution in [1.82, 2.24) is 5.32 Å². The quantitative estimate of drug-likeness (QED) is 0.757. The van der Waals surface area contributed by atoms with Crippen LogP contribution in [0.1, 0.15) is 39.4 Å². The van der Waals surface area contributed by atoms with Crippen LogP contribution >= 0.6 is 11.3 Å². The van der Waals surface area contributed by atoms with Crippen molar-refractivity contribution in [2.24, 2.45) is 0 Å². The number of aliphatic hydroxyl groups excluding tert-OH is 1. The molecule has 0 aromatic carbocycles. The highest BCUT2D eigenvalue weighted by Crippen LogP contribution is 2.29. The molecular formula is C13H17NO4S. The zero-order valence-corrected chi connectivity index (χ0v) is 11.3. The number of aliphatic hydroxyl groups is 1. The number of fused-ring (bicyclic) bond motifs is 1. The summed E-state index contributed by atoms with van der Waals surface area (Å²) in [6, 6.07) is 1.93. The molecule has 0 aliphatic heterocycles. The van der Waals surface area contributed by atoms with Gasteiger partial charge in [-0.15, -0.1) is 11.3 Å². The molecule has 19 heavy (non-hydrogen) atoms. The molecule has 1 amide bonds. The molecule has 1 aliphatic carbocycles. The lowest BCUT2D eigenvalue weighted by Crippen LogP contribution is -2.29. The molecule has 1 aromatic heterocycles. The first kappa shape index (κ1) is 14.0. The average molecular weight is 283 g/mol. The third kappa shape index (κ3) is 3.54. The summed E-state index contributed by atoms with van der Waals surface area (Å²) in [7, 11) is 0. The highest BCUT2D eigenvalue weighted by molar-refractivity contribution is 7.14. The Hall–Kier alpha value is -1.40. The van der Waals surface area contributed by atoms with Crippen molar-refractivity contribution in [3.8, 4) is 0 Å². The van der Waals surface area contributed by atoms with Crippen molar-refractivity contribution < 1.29 is 19.8 Å². The molecule has 5 nitrogen and oxygen atoms in total. The van der Waals surface area contributed by atoms with Crippen LogP contribution in [0.3, 0.4) is 0 Å². The Balaban J connectivity index is 1.86. The van der Waals surface area contributed by atoms with E-state index in [2.05, 4.69) is 5.32 Å². The summed E-state index contributed by atoms with van der Waals surface area (Å²) in [4.78, 5) is 24.3. The van der Waals surface area contributed by atoms with Gasteiger partial charge in [0.25, 0.3) is 5.91 Å². The summed E-state index contributed by atoms with van der Waals surface area (Å²) in [5.74, 6) is -1.45. The number of amides is 1. The number of aryl methyl sites for hydroxylation is 2. The molecule has 0 spiro atoms. The highest BCUT2D eigenvalue weighted by Gasteiger charge is 2.18. The molecule has 0 fully saturated rings. The summed E-state index contributed by atoms with van der Waals surface area (Å²) in [5.41, 5.74) is 1.27. The lowest BCUT2D eigenvalue weighted by atomic mass is 9.99. The van der Waals surface area contributed by atoms with Crippen molar-refractivity contribution in [3.05, 3.63) is 21.4 Å². The maximum atomic E-state index is 11.9. The van der Waals surface area contributed by atoms with Crippen LogP contribution in [-0.4, -0.2) is 34.7 Å². The minimum absolute atomic E-state index is 0.0200. The van der Waals surface area contributed by atoms with Crippen LogP contribution in [0.25, 0.3) is 0 Å². The number of carboxylic acids is 1. The summed E-state index contributed by atoms with van der Waals surface area (Å²) in [6.07, 6.45) is 3.04. The standard InChI is InChI=1S/C13H17NO4S/c15-9(13(17)18)5-6-14-12(16)11-7-8-3-1-2-4-10(8)19-11/h7,9,15H,1-6H2,(H,14,16)(H,17,18). The van der Waals surface area contributed by atoms with Crippen LogP contribution in [0.4, 0.5) is 0 Å². The second-order valence-electron chi connectivity index (χ2n) is 4.66. The number of hydrogen-bond donors (Lipinski definition) is 3. The number of carbonyl (C=O) groups is 2. The van der Waals surface area contributed by atoms with E-state index in [1.54, 1.807) is 0 Å². The fourth-order valence-electron chi connectivity index (χ4n) is 2.14. The van der Waals surface area contributed by atoms with Crippen LogP contribution in [0.15, 0.2) is 6.07 Å². The lowest BCUT2D eigenvalue weighted by molar-refractivity contribution is -0.146. The summed E-state index contributed by atoms with van der Waals surface area (Å²) >= 11 is 1.52. The van der Waals surface area contributed by atoms with E-state index in [9.17, 15) is 9.59 Å². The SMILES string of the molecule is O=C(NCCC(O)C(=O)O)c1cc2c(s1)CCCC2. The van der Waals surface area contributed by atoms with E-state index in [1.807, 2.05) is 6.07 Å². The highest BCUT2D eigenvalue weighted by atomic mass is 32.1. The van der Waals surface area contributed by atoms with Gasteiger partial charge in [-0.05, 0) is 37.3 Å². The Kier molecular flexibility index (Phi) is 4.55. The van der Waals surface area contributed by atoms with Gasteiger partial charge < -0.3 is 15.5 Å². The van der Waals surface area contributed by atoms with E-state index >= 15 is 0 Å². The van der Waals surface area contributed by atoms with Crippen molar-refractivity contribution in [2.75, 3.05) is 6.54 Å². The van der Waals surface area contributed by atoms with Gasteiger partial charge in [0.15, 0.2) is 6.10 Å². The maximum Gasteiger partial charge on any atom is 0.332 e. The maximum absolute atomic E-state index is 11.9. The number of rotatable bonds is 5. The average Bonchev–Trinajstić information content (AvgIpc) is 2.82. The molecule has 104 valence electrons. The number of carboxylic acid groups (broad SMARTS) is 1. The van der Waals surface area contributed by atoms with Gasteiger partial charge in [-0.25, -0.2) is 4.79 Å². The molecule has 2 rings (SSSR count). The third-order valence-corrected chi connectivity index (χ3v) is 4.44. The number of aliphatic carboxylic acids is 1. The molecule has 0 radical (unpaired) electrons. The van der Waals surface area contributed by atoms with Crippen molar-refractivity contribution >= 4 is 23.2 Å². The second kappa shape index (κ2) is 6.16. The van der Waals surface area contributed by atoms with E-state index < -0.39 is 12.1 Å². The third-order valence-electron chi connectivity index (χ3n) is 3.21. The first-order chi connectivity index (χ1) is 9.08. The minimum atomic E-state index is -1.42. The van der Waals surface area contributed by atoms with Gasteiger partial charge in [0.1, 0.15) is 0 Å². The van der Waals surface area contributed by atoms with Gasteiger partial charge in [-0.3, -0.25) is 4.79 Å². The fraction of sp³-hybridized carbons (Fsp3) is 0.538. The first-order valence-electron chi connectivity index (χ1n) is 6.38. The lowest BCUT2D eigenvalue weighted by Gasteiger charge is -2.08. The van der Waals surface area contributed by atoms with Gasteiger partial charge in [-0.2, -0.15) is 0 Å². The van der Waals surface area contributed by atoms with Gasteiger partial charge >= 0.3 is 5.97 Å². The largest absolute Gasteiger partial charge is 0.479 e. The number of hydrogen-bond acceptors (Lipinski definition) is 4. The second-order valence-corrected chi connectivity index (χ2v) is 5.80. The minimum Gasteiger partial charge on any atom is -0.479 e. The molecule has 0 bridgehead atoms. The van der Waals surface area contributed by atoms with E-state index in [-0.39, 0.29) is 18.9 Å². The first-order valence-corrected chi connectivity index (χ1v) is 7.20. The Morgan fingerprint density at radius 1 is 1.37 bits per heavy atom. The van der Waals surface area contributed by atoms with E-state index in [0.717, 1.165) is 12.8 Å². The number of thiophene rings is 1. The van der Waals surface area contributed by atoms with E-state index in [0.29, 0.717) is 4.88 Å². The molecular weight excluding hydrogens is 266 g/mol. The topological polar surface area (TPSA) is 86.6 Å². The zero-order valence-electron chi connectivity index (χ0n) is 10.5. The Morgan fingerprint density at radius 2 is 2.11 bits per heavy atom. The summed E-state index contributed by atoms with van der Waals surface area (Å²) in [6.45, 7) is 0.162. The van der Waals surface area contributed by atoms with Crippen molar-refractivity contribution in [2.45, 2.75) is 38.2 Å². The predicted octanol–water partition coefficient (Wildman–Crippen LogP) is 1.19. The Morgan fingerprint density at radius 3 is 2.79 bits per heavy atom. The molecule has 1 aromatic rings. The van der Waals surface area contributed by atoms with Gasteiger partial charge in [0.2, 0.25) is 0 Å². The fourth-order valence-corrected chi connectivity index (χ4v) is 3.31. The normalized spacial score (nSPS) is 15.6. The molecule has 3 N–H and O–H groups in total. The van der Waals surface area contributed by atoms with E-state index in [4.69, 9.17) is 10.2 Å². The van der Waals surface area contributed by atoms with Crippen LogP contribution in [0, 0.1) is 0 Å². The van der Waals surface area contributed by atoms with Crippen LogP contribution in [0.2, 0.25) is 0 Å². The smallest absolute Gasteiger partial charge is 0.332 e. The van der Waals surface area contributed by atoms with E-state index in [1.165, 1.54) is 34.6 Å². The molecule has 1 unspecified atom stereocenters. The predicted molar refractivity (Wildman–Crippen MR) is 71.6 cm³/mol. The van der Waals surface area contributed by atoms with Crippen LogP contribution < -0.4 is 5.32 Å². The molecule has 0 saturated carbocycles. The van der Waals surface area contributed by atoms with Crippen molar-refractivity contribution in [3.63, 3.8) is 0 Å². The Labute approximate surface area is 115 Å². The number of carbonyl (C=O) groups excluding carboxylic acids is 1. The Bertz CT molecular complexity index is 459. The molecule has 6 heteroatoms. The summed E-state index contributed by atoms with van der Waals surface area (Å²) in [5, 5.41) is 20.3. The van der Waals surface area contributed by atoms with Gasteiger partial charge in [0.05, 0.1) is 4.88 Å². The van der Waals surface area contributed by atoms with Gasteiger partial charge in [0, 0.05) is 17.8 Å². The molecule has 1 aliphatic rings. The summed E-state index contributed by atoms with van der Waals surface area (Å²) < 4.78 is 0. The van der Waals surface area contributed by atoms with Crippen LogP contribution in [-0.2, 0) is 17.6 Å². The van der Waals surface area contributed by atoms with Crippen molar-refractivity contribution in [1.29, 1.82) is 0 Å².